The van der Waals surface area contributed by atoms with Gasteiger partial charge in [0.15, 0.2) is 45.8 Å². The molecule has 2 aliphatic rings. The first-order valence-electron chi connectivity index (χ1n) is 32.2. The summed E-state index contributed by atoms with van der Waals surface area (Å²) in [5.41, 5.74) is 31.4. The molecule has 508 valence electrons. The van der Waals surface area contributed by atoms with Gasteiger partial charge in [-0.1, -0.05) is 95.1 Å². The summed E-state index contributed by atoms with van der Waals surface area (Å²) in [7, 11) is -20.2. The van der Waals surface area contributed by atoms with Crippen molar-refractivity contribution in [3.05, 3.63) is 345 Å². The molecule has 0 heterocycles. The Kier molecular flexibility index (Phi) is 23.8. The first kappa shape index (κ1) is 77.3. The molecule has 1 N–H and O–H groups in total. The van der Waals surface area contributed by atoms with Crippen LogP contribution in [0.3, 0.4) is 0 Å². The molecular formula is C82H83NaO12S4. The van der Waals surface area contributed by atoms with Crippen molar-refractivity contribution in [3.8, 4) is 0 Å². The predicted molar refractivity (Wildman–Crippen MR) is 392 cm³/mol. The molecule has 0 bridgehead atoms. The van der Waals surface area contributed by atoms with Gasteiger partial charge in [0.1, 0.15) is 16.1 Å². The minimum atomic E-state index is -5.20. The van der Waals surface area contributed by atoms with E-state index in [1.807, 2.05) is 100 Å². The average Bonchev–Trinajstić information content (AvgIpc) is 0.767. The van der Waals surface area contributed by atoms with E-state index in [0.717, 1.165) is 62.7 Å². The van der Waals surface area contributed by atoms with Crippen LogP contribution in [0.2, 0.25) is 0 Å². The SMILES string of the molecule is Cc1cc(C)c(Cc2ccc(C(=C3C=CC(S(=O)(=O)O)=C[C+]3S(=O)(=O)[O-])c3ccc(Cc4c(C)cc(C)cc4C)c(C)c3)cc2C)c(C)c1.Cc1cc(C)c(Cc2ccc(C(=C3C=CC(S(=O)(=O)[O-])=C[C+]3S(=O)(=O)[O-])c3ccc(Cc4c(C)cc(C)cc4C)c(C)c3)cc2C)c(C)c1.[Na+]. The zero-order chi connectivity index (χ0) is 72.0. The number of benzene rings is 8. The molecule has 0 atom stereocenters. The average molecular weight is 1410 g/mol. The van der Waals surface area contributed by atoms with Crippen LogP contribution in [-0.2, 0) is 66.2 Å². The van der Waals surface area contributed by atoms with E-state index in [4.69, 9.17) is 0 Å². The summed E-state index contributed by atoms with van der Waals surface area (Å²) in [5.74, 6) is 0. The van der Waals surface area contributed by atoms with Crippen molar-refractivity contribution < 1.29 is 81.4 Å². The predicted octanol–water partition coefficient (Wildman–Crippen LogP) is 13.8. The number of hydrogen-bond acceptors (Lipinski definition) is 11. The molecule has 0 radical (unpaired) electrons. The number of hydrogen-bond donors (Lipinski definition) is 1. The molecule has 0 saturated carbocycles. The second-order valence-electron chi connectivity index (χ2n) is 26.7. The van der Waals surface area contributed by atoms with Gasteiger partial charge in [-0.2, -0.15) is 8.42 Å². The third-order valence-corrected chi connectivity index (χ3v) is 22.4. The third kappa shape index (κ3) is 18.0. The van der Waals surface area contributed by atoms with E-state index in [-0.39, 0.29) is 40.7 Å². The van der Waals surface area contributed by atoms with E-state index in [9.17, 15) is 51.9 Å². The summed E-state index contributed by atoms with van der Waals surface area (Å²) in [4.78, 5) is -1.45. The molecule has 10 rings (SSSR count). The van der Waals surface area contributed by atoms with Crippen molar-refractivity contribution >= 4 is 51.6 Å². The maximum atomic E-state index is 12.7. The van der Waals surface area contributed by atoms with Crippen LogP contribution in [0, 0.1) is 121 Å². The smallest absolute Gasteiger partial charge is 0.736 e. The van der Waals surface area contributed by atoms with Crippen LogP contribution < -0.4 is 29.6 Å². The third-order valence-electron chi connectivity index (χ3n) is 18.9. The van der Waals surface area contributed by atoms with Gasteiger partial charge in [0.2, 0.25) is 0 Å². The van der Waals surface area contributed by atoms with Crippen molar-refractivity contribution in [1.29, 1.82) is 0 Å². The molecule has 12 nitrogen and oxygen atoms in total. The Balaban J connectivity index is 0.000000250. The van der Waals surface area contributed by atoms with Crippen molar-refractivity contribution in [2.24, 2.45) is 0 Å². The maximum absolute atomic E-state index is 12.7. The summed E-state index contributed by atoms with van der Waals surface area (Å²) in [6, 6.07) is 40.9. The second kappa shape index (κ2) is 30.4. The molecule has 8 aromatic rings. The van der Waals surface area contributed by atoms with Crippen molar-refractivity contribution in [1.82, 2.24) is 0 Å². The van der Waals surface area contributed by atoms with Gasteiger partial charge in [-0.05, 0) is 296 Å². The molecule has 2 aliphatic carbocycles. The van der Waals surface area contributed by atoms with Gasteiger partial charge < -0.3 is 13.7 Å². The summed E-state index contributed by atoms with van der Waals surface area (Å²) in [6.07, 6.45) is 8.97. The summed E-state index contributed by atoms with van der Waals surface area (Å²) >= 11 is 0. The Morgan fingerprint density at radius 3 is 0.747 bits per heavy atom. The van der Waals surface area contributed by atoms with Crippen molar-refractivity contribution in [2.75, 3.05) is 0 Å². The molecule has 0 saturated heterocycles. The fraction of sp³-hybridized carbons (Fsp3) is 0.244. The van der Waals surface area contributed by atoms with Crippen molar-refractivity contribution in [2.45, 2.75) is 136 Å². The zero-order valence-corrected chi connectivity index (χ0v) is 64.7. The summed E-state index contributed by atoms with van der Waals surface area (Å²) < 4.78 is 145. The Labute approximate surface area is 609 Å². The Morgan fingerprint density at radius 2 is 0.545 bits per heavy atom. The molecular weight excluding hydrogens is 1330 g/mol. The van der Waals surface area contributed by atoms with Crippen LogP contribution in [0.5, 0.6) is 0 Å². The molecule has 8 aromatic carbocycles. The Bertz CT molecular complexity index is 4630. The minimum Gasteiger partial charge on any atom is -0.736 e. The van der Waals surface area contributed by atoms with E-state index in [0.29, 0.717) is 65.2 Å². The number of rotatable bonds is 16. The largest absolute Gasteiger partial charge is 1.00 e. The molecule has 0 spiro atoms. The van der Waals surface area contributed by atoms with E-state index in [1.54, 1.807) is 0 Å². The molecule has 0 amide bonds. The molecule has 0 unspecified atom stereocenters. The van der Waals surface area contributed by atoms with Gasteiger partial charge in [-0.25, -0.2) is 25.3 Å². The molecule has 17 heteroatoms. The fourth-order valence-corrected chi connectivity index (χ4v) is 16.6. The topological polar surface area (TPSA) is 226 Å². The first-order valence-corrected chi connectivity index (χ1v) is 37.9. The summed E-state index contributed by atoms with van der Waals surface area (Å²) in [6.45, 7) is 33.2. The summed E-state index contributed by atoms with van der Waals surface area (Å²) in [5, 5.41) is -1.49. The standard InChI is InChI=1S/2C41H42O6S2.Na/c2*1-24-15-28(5)38(29(6)16-24)21-32-9-11-34(19-26(32)3)41(37-14-13-36(48(42,43)44)23-40(37)49(45,46)47)35-12-10-33(27(4)20-35)22-39-30(7)17-25(2)18-31(39)8;/h2*9-20,23H,21-22H2,1-8H3,(H-,42,43,44,45,46,47);/q;;+1/p-1. The molecule has 99 heavy (non-hydrogen) atoms. The van der Waals surface area contributed by atoms with E-state index >= 15 is 0 Å². The van der Waals surface area contributed by atoms with Crippen LogP contribution in [0.1, 0.15) is 156 Å². The van der Waals surface area contributed by atoms with E-state index < -0.39 is 60.8 Å². The first-order chi connectivity index (χ1) is 45.7. The monoisotopic (exact) mass is 1410 g/mol. The molecule has 0 fully saturated rings. The van der Waals surface area contributed by atoms with Crippen LogP contribution in [-0.4, -0.2) is 51.9 Å². The van der Waals surface area contributed by atoms with Crippen LogP contribution in [0.4, 0.5) is 0 Å². The van der Waals surface area contributed by atoms with Gasteiger partial charge in [0.05, 0.1) is 23.3 Å². The Morgan fingerprint density at radius 1 is 0.323 bits per heavy atom. The molecule has 0 aromatic heterocycles. The Hall–Kier alpha value is -7.42. The van der Waals surface area contributed by atoms with Crippen LogP contribution in [0.15, 0.2) is 179 Å². The van der Waals surface area contributed by atoms with Gasteiger partial charge in [0, 0.05) is 46.6 Å². The van der Waals surface area contributed by atoms with Gasteiger partial charge >= 0.3 is 39.7 Å². The van der Waals surface area contributed by atoms with Crippen LogP contribution >= 0.6 is 0 Å². The maximum Gasteiger partial charge on any atom is 1.00 e. The minimum absolute atomic E-state index is 0. The molecule has 0 aliphatic heterocycles. The zero-order valence-electron chi connectivity index (χ0n) is 59.4. The van der Waals surface area contributed by atoms with Gasteiger partial charge in [-0.3, -0.25) is 4.55 Å². The normalized spacial score (nSPS) is 13.4. The van der Waals surface area contributed by atoms with Crippen LogP contribution in [0.25, 0.3) is 11.1 Å². The van der Waals surface area contributed by atoms with Gasteiger partial charge in [0.25, 0.3) is 0 Å². The number of allylic oxidation sites excluding steroid dienone is 4. The second-order valence-corrected chi connectivity index (χ2v) is 32.2. The quantitative estimate of drug-likeness (QED) is 0.0541. The fourth-order valence-electron chi connectivity index (χ4n) is 14.0. The van der Waals surface area contributed by atoms with E-state index in [2.05, 4.69) is 132 Å². The van der Waals surface area contributed by atoms with E-state index in [1.165, 1.54) is 101 Å². The van der Waals surface area contributed by atoms with Gasteiger partial charge in [-0.15, -0.1) is 0 Å². The van der Waals surface area contributed by atoms with Crippen molar-refractivity contribution in [3.63, 3.8) is 0 Å². The number of aryl methyl sites for hydroxylation is 16.